The molecule has 0 spiro atoms. The molecular formula is C20H14O5S. The van der Waals surface area contributed by atoms with E-state index in [1.807, 2.05) is 18.4 Å². The highest BCUT2D eigenvalue weighted by Crippen LogP contribution is 2.38. The second-order valence-corrected chi connectivity index (χ2v) is 6.84. The van der Waals surface area contributed by atoms with Crippen molar-refractivity contribution in [3.8, 4) is 11.5 Å². The molecule has 2 aromatic heterocycles. The van der Waals surface area contributed by atoms with E-state index in [9.17, 15) is 9.59 Å². The standard InChI is InChI=1S/C20H14O5S/c1-11-5-7-26-17(11)10-16-19(21)18-12(2)8-13(9-15(18)25-16)24-20(22)14-4-3-6-23-14/h3-10H,1-2H3/b16-10-. The maximum absolute atomic E-state index is 12.7. The summed E-state index contributed by atoms with van der Waals surface area (Å²) in [6.07, 6.45) is 3.15. The highest BCUT2D eigenvalue weighted by Gasteiger charge is 2.30. The summed E-state index contributed by atoms with van der Waals surface area (Å²) in [7, 11) is 0. The first kappa shape index (κ1) is 16.4. The van der Waals surface area contributed by atoms with Gasteiger partial charge in [-0.1, -0.05) is 0 Å². The van der Waals surface area contributed by atoms with Crippen molar-refractivity contribution in [2.75, 3.05) is 0 Å². The van der Waals surface area contributed by atoms with Gasteiger partial charge in [-0.25, -0.2) is 4.79 Å². The minimum absolute atomic E-state index is 0.105. The van der Waals surface area contributed by atoms with Crippen LogP contribution in [0.25, 0.3) is 6.08 Å². The lowest BCUT2D eigenvalue weighted by Gasteiger charge is -2.06. The lowest BCUT2D eigenvalue weighted by Crippen LogP contribution is -2.07. The van der Waals surface area contributed by atoms with Gasteiger partial charge in [-0.05, 0) is 54.6 Å². The summed E-state index contributed by atoms with van der Waals surface area (Å²) in [6.45, 7) is 3.76. The number of aryl methyl sites for hydroxylation is 2. The summed E-state index contributed by atoms with van der Waals surface area (Å²) >= 11 is 1.54. The average molecular weight is 366 g/mol. The molecule has 5 nitrogen and oxygen atoms in total. The Bertz CT molecular complexity index is 1040. The number of thiophene rings is 1. The largest absolute Gasteiger partial charge is 0.457 e. The van der Waals surface area contributed by atoms with Crippen LogP contribution in [0.4, 0.5) is 0 Å². The van der Waals surface area contributed by atoms with Crippen LogP contribution in [0.2, 0.25) is 0 Å². The molecule has 0 saturated carbocycles. The van der Waals surface area contributed by atoms with Gasteiger partial charge >= 0.3 is 5.97 Å². The third kappa shape index (κ3) is 2.84. The van der Waals surface area contributed by atoms with Crippen molar-refractivity contribution in [3.05, 3.63) is 75.1 Å². The van der Waals surface area contributed by atoms with Crippen LogP contribution in [0, 0.1) is 13.8 Å². The van der Waals surface area contributed by atoms with Gasteiger partial charge in [0.1, 0.15) is 11.5 Å². The maximum Gasteiger partial charge on any atom is 0.379 e. The normalized spacial score (nSPS) is 14.4. The van der Waals surface area contributed by atoms with Crippen molar-refractivity contribution in [3.63, 3.8) is 0 Å². The minimum Gasteiger partial charge on any atom is -0.457 e. The van der Waals surface area contributed by atoms with E-state index in [1.165, 1.54) is 12.3 Å². The number of furan rings is 1. The fraction of sp³-hybridized carbons (Fsp3) is 0.100. The smallest absolute Gasteiger partial charge is 0.379 e. The Morgan fingerprint density at radius 2 is 2.04 bits per heavy atom. The van der Waals surface area contributed by atoms with E-state index >= 15 is 0 Å². The van der Waals surface area contributed by atoms with E-state index in [4.69, 9.17) is 13.9 Å². The van der Waals surface area contributed by atoms with Gasteiger partial charge in [0.25, 0.3) is 0 Å². The molecule has 130 valence electrons. The number of Topliss-reactive ketones (excluding diaryl/α,β-unsaturated/α-hetero) is 1. The Hall–Kier alpha value is -3.12. The quantitative estimate of drug-likeness (QED) is 0.379. The van der Waals surface area contributed by atoms with Gasteiger partial charge in [-0.15, -0.1) is 11.3 Å². The summed E-state index contributed by atoms with van der Waals surface area (Å²) in [5.74, 6) is 0.275. The number of fused-ring (bicyclic) bond motifs is 1. The topological polar surface area (TPSA) is 65.7 Å². The molecule has 0 aliphatic carbocycles. The number of ketones is 1. The van der Waals surface area contributed by atoms with Gasteiger partial charge in [0, 0.05) is 17.0 Å². The average Bonchev–Trinajstić information content (AvgIpc) is 3.31. The number of ether oxygens (including phenoxy) is 2. The number of benzene rings is 1. The van der Waals surface area contributed by atoms with Crippen molar-refractivity contribution >= 4 is 29.2 Å². The van der Waals surface area contributed by atoms with Crippen molar-refractivity contribution in [1.82, 2.24) is 0 Å². The van der Waals surface area contributed by atoms with Crippen molar-refractivity contribution in [2.45, 2.75) is 13.8 Å². The van der Waals surface area contributed by atoms with E-state index in [2.05, 4.69) is 0 Å². The summed E-state index contributed by atoms with van der Waals surface area (Å²) in [5, 5.41) is 1.96. The highest BCUT2D eigenvalue weighted by atomic mass is 32.1. The van der Waals surface area contributed by atoms with Gasteiger partial charge < -0.3 is 13.9 Å². The van der Waals surface area contributed by atoms with Crippen LogP contribution in [-0.2, 0) is 0 Å². The molecule has 6 heteroatoms. The molecule has 4 rings (SSSR count). The van der Waals surface area contributed by atoms with Crippen LogP contribution in [0.5, 0.6) is 11.5 Å². The predicted molar refractivity (Wildman–Crippen MR) is 96.8 cm³/mol. The summed E-state index contributed by atoms with van der Waals surface area (Å²) < 4.78 is 16.1. The Morgan fingerprint density at radius 1 is 1.19 bits per heavy atom. The SMILES string of the molecule is Cc1ccsc1/C=C1\Oc2cc(OC(=O)c3ccco3)cc(C)c2C1=O. The minimum atomic E-state index is -0.608. The number of allylic oxidation sites excluding steroid dienone is 1. The Balaban J connectivity index is 1.64. The Labute approximate surface area is 153 Å². The van der Waals surface area contributed by atoms with Crippen molar-refractivity contribution < 1.29 is 23.5 Å². The van der Waals surface area contributed by atoms with Crippen LogP contribution in [0.3, 0.4) is 0 Å². The van der Waals surface area contributed by atoms with E-state index in [0.29, 0.717) is 22.6 Å². The molecule has 1 aliphatic heterocycles. The molecule has 3 aromatic rings. The lowest BCUT2D eigenvalue weighted by molar-refractivity contribution is 0.0701. The number of rotatable bonds is 3. The number of hydrogen-bond acceptors (Lipinski definition) is 6. The van der Waals surface area contributed by atoms with E-state index in [-0.39, 0.29) is 17.3 Å². The first-order valence-corrected chi connectivity index (χ1v) is 8.79. The molecule has 0 saturated heterocycles. The molecule has 0 radical (unpaired) electrons. The van der Waals surface area contributed by atoms with Gasteiger partial charge in [-0.2, -0.15) is 0 Å². The van der Waals surface area contributed by atoms with Crippen LogP contribution in [0.15, 0.2) is 52.2 Å². The molecule has 0 fully saturated rings. The number of esters is 1. The van der Waals surface area contributed by atoms with Crippen LogP contribution in [0.1, 0.15) is 36.9 Å². The summed E-state index contributed by atoms with van der Waals surface area (Å²) in [6, 6.07) is 8.30. The molecule has 1 aliphatic rings. The number of carbonyl (C=O) groups excluding carboxylic acids is 2. The lowest BCUT2D eigenvalue weighted by atomic mass is 10.0. The first-order valence-electron chi connectivity index (χ1n) is 7.91. The fourth-order valence-electron chi connectivity index (χ4n) is 2.74. The van der Waals surface area contributed by atoms with Crippen LogP contribution < -0.4 is 9.47 Å². The molecule has 0 atom stereocenters. The zero-order chi connectivity index (χ0) is 18.3. The second-order valence-electron chi connectivity index (χ2n) is 5.89. The van der Waals surface area contributed by atoms with Crippen LogP contribution >= 0.6 is 11.3 Å². The molecular weight excluding hydrogens is 352 g/mol. The zero-order valence-electron chi connectivity index (χ0n) is 14.1. The number of hydrogen-bond donors (Lipinski definition) is 0. The molecule has 0 amide bonds. The molecule has 26 heavy (non-hydrogen) atoms. The summed E-state index contributed by atoms with van der Waals surface area (Å²) in [5.41, 5.74) is 2.25. The molecule has 0 bridgehead atoms. The zero-order valence-corrected chi connectivity index (χ0v) is 14.9. The monoisotopic (exact) mass is 366 g/mol. The van der Waals surface area contributed by atoms with Crippen molar-refractivity contribution in [2.24, 2.45) is 0 Å². The third-order valence-electron chi connectivity index (χ3n) is 4.04. The first-order chi connectivity index (χ1) is 12.5. The van der Waals surface area contributed by atoms with Gasteiger partial charge in [-0.3, -0.25) is 4.79 Å². The Kier molecular flexibility index (Phi) is 3.97. The van der Waals surface area contributed by atoms with E-state index in [0.717, 1.165) is 10.4 Å². The molecule has 0 unspecified atom stereocenters. The maximum atomic E-state index is 12.7. The van der Waals surface area contributed by atoms with Gasteiger partial charge in [0.2, 0.25) is 11.5 Å². The van der Waals surface area contributed by atoms with E-state index in [1.54, 1.807) is 42.5 Å². The molecule has 1 aromatic carbocycles. The highest BCUT2D eigenvalue weighted by molar-refractivity contribution is 7.11. The fourth-order valence-corrected chi connectivity index (χ4v) is 3.59. The molecule has 3 heterocycles. The van der Waals surface area contributed by atoms with Crippen molar-refractivity contribution in [1.29, 1.82) is 0 Å². The van der Waals surface area contributed by atoms with Crippen LogP contribution in [-0.4, -0.2) is 11.8 Å². The Morgan fingerprint density at radius 3 is 2.73 bits per heavy atom. The number of carbonyl (C=O) groups is 2. The van der Waals surface area contributed by atoms with Gasteiger partial charge in [0.15, 0.2) is 5.76 Å². The second kappa shape index (κ2) is 6.31. The molecule has 0 N–H and O–H groups in total. The van der Waals surface area contributed by atoms with E-state index < -0.39 is 5.97 Å². The predicted octanol–water partition coefficient (Wildman–Crippen LogP) is 4.79. The van der Waals surface area contributed by atoms with Gasteiger partial charge in [0.05, 0.1) is 11.8 Å². The third-order valence-corrected chi connectivity index (χ3v) is 5.01. The summed E-state index contributed by atoms with van der Waals surface area (Å²) in [4.78, 5) is 25.7.